The number of aromatic carboxylic acids is 1. The first-order valence-corrected chi connectivity index (χ1v) is 7.65. The molecular weight excluding hydrogens is 292 g/mol. The lowest BCUT2D eigenvalue weighted by atomic mass is 10.2. The Morgan fingerprint density at radius 1 is 1.48 bits per heavy atom. The molecule has 1 heterocycles. The number of carboxylic acid groups (broad SMARTS) is 1. The van der Waals surface area contributed by atoms with Gasteiger partial charge in [-0.3, -0.25) is 0 Å². The molecule has 1 fully saturated rings. The number of carbonyl (C=O) groups excluding carboxylic acids is 1. The maximum Gasteiger partial charge on any atom is 0.339 e. The Morgan fingerprint density at radius 2 is 2.24 bits per heavy atom. The van der Waals surface area contributed by atoms with Gasteiger partial charge in [-0.2, -0.15) is 11.8 Å². The lowest BCUT2D eigenvalue weighted by Crippen LogP contribution is -2.43. The third kappa shape index (κ3) is 3.81. The van der Waals surface area contributed by atoms with Crippen molar-refractivity contribution in [3.8, 4) is 5.75 Å². The van der Waals surface area contributed by atoms with Crippen LogP contribution in [0.3, 0.4) is 0 Å². The number of carboxylic acids is 1. The lowest BCUT2D eigenvalue weighted by Gasteiger charge is -2.30. The monoisotopic (exact) mass is 310 g/mol. The molecule has 2 rings (SSSR count). The number of thioether (sulfide) groups is 1. The summed E-state index contributed by atoms with van der Waals surface area (Å²) in [6.07, 6.45) is 0. The van der Waals surface area contributed by atoms with Gasteiger partial charge in [0.2, 0.25) is 0 Å². The van der Waals surface area contributed by atoms with Gasteiger partial charge in [-0.15, -0.1) is 0 Å². The van der Waals surface area contributed by atoms with Crippen LogP contribution in [-0.4, -0.2) is 53.2 Å². The van der Waals surface area contributed by atoms with E-state index < -0.39 is 5.97 Å². The van der Waals surface area contributed by atoms with E-state index in [2.05, 4.69) is 12.2 Å². The van der Waals surface area contributed by atoms with E-state index in [-0.39, 0.29) is 17.3 Å². The molecule has 1 atom stereocenters. The fraction of sp³-hybridized carbons (Fsp3) is 0.429. The summed E-state index contributed by atoms with van der Waals surface area (Å²) in [4.78, 5) is 25.0. The molecule has 7 heteroatoms. The second kappa shape index (κ2) is 6.71. The van der Waals surface area contributed by atoms with Crippen LogP contribution >= 0.6 is 11.8 Å². The van der Waals surface area contributed by atoms with Crippen molar-refractivity contribution >= 4 is 29.4 Å². The quantitative estimate of drug-likeness (QED) is 0.896. The van der Waals surface area contributed by atoms with Gasteiger partial charge in [0, 0.05) is 35.8 Å². The molecule has 1 aromatic carbocycles. The molecule has 0 bridgehead atoms. The highest BCUT2D eigenvalue weighted by Crippen LogP contribution is 2.24. The van der Waals surface area contributed by atoms with E-state index in [9.17, 15) is 9.59 Å². The molecule has 114 valence electrons. The van der Waals surface area contributed by atoms with Crippen molar-refractivity contribution in [2.24, 2.45) is 0 Å². The highest BCUT2D eigenvalue weighted by molar-refractivity contribution is 7.99. The lowest BCUT2D eigenvalue weighted by molar-refractivity contribution is 0.0693. The van der Waals surface area contributed by atoms with Crippen molar-refractivity contribution in [1.82, 2.24) is 4.90 Å². The van der Waals surface area contributed by atoms with Gasteiger partial charge < -0.3 is 20.1 Å². The molecule has 1 aliphatic rings. The molecule has 1 saturated heterocycles. The van der Waals surface area contributed by atoms with Crippen LogP contribution in [0.2, 0.25) is 0 Å². The summed E-state index contributed by atoms with van der Waals surface area (Å²) >= 11 is 1.85. The summed E-state index contributed by atoms with van der Waals surface area (Å²) in [5, 5.41) is 12.2. The van der Waals surface area contributed by atoms with Crippen molar-refractivity contribution in [1.29, 1.82) is 0 Å². The zero-order chi connectivity index (χ0) is 15.4. The molecule has 1 unspecified atom stereocenters. The number of hydrogen-bond acceptors (Lipinski definition) is 4. The number of methoxy groups -OCH3 is 1. The normalized spacial score (nSPS) is 18.2. The highest BCUT2D eigenvalue weighted by Gasteiger charge is 2.21. The minimum atomic E-state index is -1.06. The smallest absolute Gasteiger partial charge is 0.339 e. The number of rotatable bonds is 3. The third-order valence-electron chi connectivity index (χ3n) is 3.21. The molecular formula is C14H18N2O4S. The molecule has 6 nitrogen and oxygen atoms in total. The number of amides is 2. The molecule has 0 spiro atoms. The SMILES string of the molecule is COc1cc(NC(=O)N2CCSC(C)C2)ccc1C(=O)O. The summed E-state index contributed by atoms with van der Waals surface area (Å²) in [5.74, 6) is 0.0880. The van der Waals surface area contributed by atoms with Gasteiger partial charge in [-0.05, 0) is 12.1 Å². The second-order valence-electron chi connectivity index (χ2n) is 4.78. The highest BCUT2D eigenvalue weighted by atomic mass is 32.2. The van der Waals surface area contributed by atoms with Crippen LogP contribution in [0.15, 0.2) is 18.2 Å². The number of nitrogens with zero attached hydrogens (tertiary/aromatic N) is 1. The first kappa shape index (κ1) is 15.5. The fourth-order valence-electron chi connectivity index (χ4n) is 2.15. The minimum absolute atomic E-state index is 0.0680. The van der Waals surface area contributed by atoms with E-state index in [4.69, 9.17) is 9.84 Å². The maximum atomic E-state index is 12.2. The van der Waals surface area contributed by atoms with Crippen LogP contribution in [-0.2, 0) is 0 Å². The van der Waals surface area contributed by atoms with Gasteiger partial charge in [0.25, 0.3) is 0 Å². The van der Waals surface area contributed by atoms with E-state index in [1.165, 1.54) is 19.2 Å². The number of carbonyl (C=O) groups is 2. The van der Waals surface area contributed by atoms with Crippen LogP contribution in [0.4, 0.5) is 10.5 Å². The second-order valence-corrected chi connectivity index (χ2v) is 6.32. The zero-order valence-electron chi connectivity index (χ0n) is 12.0. The van der Waals surface area contributed by atoms with Gasteiger partial charge in [0.15, 0.2) is 0 Å². The average Bonchev–Trinajstić information content (AvgIpc) is 2.46. The first-order chi connectivity index (χ1) is 10.0. The molecule has 2 N–H and O–H groups in total. The van der Waals surface area contributed by atoms with Gasteiger partial charge in [-0.1, -0.05) is 6.92 Å². The van der Waals surface area contributed by atoms with Gasteiger partial charge in [-0.25, -0.2) is 9.59 Å². The van der Waals surface area contributed by atoms with Crippen LogP contribution in [0, 0.1) is 0 Å². The van der Waals surface area contributed by atoms with Crippen molar-refractivity contribution < 1.29 is 19.4 Å². The predicted octanol–water partition coefficient (Wildman–Crippen LogP) is 2.36. The fourth-order valence-corrected chi connectivity index (χ4v) is 3.16. The van der Waals surface area contributed by atoms with Crippen LogP contribution in [0.5, 0.6) is 5.75 Å². The number of ether oxygens (including phenoxy) is 1. The van der Waals surface area contributed by atoms with Crippen molar-refractivity contribution in [3.63, 3.8) is 0 Å². The summed E-state index contributed by atoms with van der Waals surface area (Å²) in [6, 6.07) is 4.33. The maximum absolute atomic E-state index is 12.2. The summed E-state index contributed by atoms with van der Waals surface area (Å²) in [5.41, 5.74) is 0.589. The van der Waals surface area contributed by atoms with Gasteiger partial charge in [0.1, 0.15) is 11.3 Å². The molecule has 2 amide bonds. The van der Waals surface area contributed by atoms with Gasteiger partial charge in [0.05, 0.1) is 7.11 Å². The summed E-state index contributed by atoms with van der Waals surface area (Å²) in [6.45, 7) is 3.51. The molecule has 1 aromatic rings. The van der Waals surface area contributed by atoms with Crippen LogP contribution in [0.25, 0.3) is 0 Å². The van der Waals surface area contributed by atoms with Crippen LogP contribution in [0.1, 0.15) is 17.3 Å². The molecule has 0 aliphatic carbocycles. The number of benzene rings is 1. The van der Waals surface area contributed by atoms with E-state index in [0.29, 0.717) is 24.0 Å². The summed E-state index contributed by atoms with van der Waals surface area (Å²) in [7, 11) is 1.40. The number of hydrogen-bond donors (Lipinski definition) is 2. The molecule has 1 aliphatic heterocycles. The zero-order valence-corrected chi connectivity index (χ0v) is 12.8. The Kier molecular flexibility index (Phi) is 4.95. The topological polar surface area (TPSA) is 78.9 Å². The van der Waals surface area contributed by atoms with E-state index >= 15 is 0 Å². The van der Waals surface area contributed by atoms with Gasteiger partial charge >= 0.3 is 12.0 Å². The minimum Gasteiger partial charge on any atom is -0.496 e. The Labute approximate surface area is 127 Å². The summed E-state index contributed by atoms with van der Waals surface area (Å²) < 4.78 is 5.04. The molecule has 0 radical (unpaired) electrons. The molecule has 21 heavy (non-hydrogen) atoms. The Hall–Kier alpha value is -1.89. The number of nitrogens with one attached hydrogen (secondary N) is 1. The first-order valence-electron chi connectivity index (χ1n) is 6.60. The predicted molar refractivity (Wildman–Crippen MR) is 82.5 cm³/mol. The van der Waals surface area contributed by atoms with Crippen molar-refractivity contribution in [2.45, 2.75) is 12.2 Å². The van der Waals surface area contributed by atoms with Crippen molar-refractivity contribution in [3.05, 3.63) is 23.8 Å². The van der Waals surface area contributed by atoms with E-state index in [1.54, 1.807) is 11.0 Å². The Morgan fingerprint density at radius 3 is 2.86 bits per heavy atom. The average molecular weight is 310 g/mol. The number of urea groups is 1. The molecule has 0 aromatic heterocycles. The third-order valence-corrected chi connectivity index (χ3v) is 4.35. The number of anilines is 1. The molecule has 0 saturated carbocycles. The van der Waals surface area contributed by atoms with Crippen LogP contribution < -0.4 is 10.1 Å². The Balaban J connectivity index is 2.08. The largest absolute Gasteiger partial charge is 0.496 e. The standard InChI is InChI=1S/C14H18N2O4S/c1-9-8-16(5-6-21-9)14(19)15-10-3-4-11(13(17)18)12(7-10)20-2/h3-4,7,9H,5-6,8H2,1-2H3,(H,15,19)(H,17,18). The van der Waals surface area contributed by atoms with Crippen molar-refractivity contribution in [2.75, 3.05) is 31.3 Å². The van der Waals surface area contributed by atoms with E-state index in [1.807, 2.05) is 11.8 Å². The Bertz CT molecular complexity index is 550. The van der Waals surface area contributed by atoms with E-state index in [0.717, 1.165) is 5.75 Å².